The molecule has 1 nitrogen and oxygen atoms in total. The van der Waals surface area contributed by atoms with Crippen molar-refractivity contribution in [2.75, 3.05) is 12.3 Å². The van der Waals surface area contributed by atoms with Crippen LogP contribution < -0.4 is 5.32 Å². The number of thioether (sulfide) groups is 1. The third kappa shape index (κ3) is 4.48. The largest absolute Gasteiger partial charge is 0.313 e. The second-order valence-electron chi connectivity index (χ2n) is 5.80. The van der Waals surface area contributed by atoms with Gasteiger partial charge in [0.15, 0.2) is 0 Å². The van der Waals surface area contributed by atoms with Crippen molar-refractivity contribution in [3.05, 3.63) is 0 Å². The van der Waals surface area contributed by atoms with Gasteiger partial charge >= 0.3 is 0 Å². The summed E-state index contributed by atoms with van der Waals surface area (Å²) in [6.45, 7) is 3.40. The molecule has 0 aliphatic heterocycles. The van der Waals surface area contributed by atoms with Crippen molar-refractivity contribution < 1.29 is 0 Å². The van der Waals surface area contributed by atoms with Crippen LogP contribution >= 0.6 is 11.8 Å². The van der Waals surface area contributed by atoms with E-state index < -0.39 is 0 Å². The van der Waals surface area contributed by atoms with Gasteiger partial charge in [-0.2, -0.15) is 11.8 Å². The lowest BCUT2D eigenvalue weighted by Crippen LogP contribution is -2.37. The summed E-state index contributed by atoms with van der Waals surface area (Å²) in [7, 11) is 0. The van der Waals surface area contributed by atoms with Crippen LogP contribution in [0, 0.1) is 5.92 Å². The summed E-state index contributed by atoms with van der Waals surface area (Å²) in [6.07, 6.45) is 13.3. The standard InChI is InChI=1S/C15H29NS/c1-2-16-15(13-8-6-7-9-13)12-17-14-10-4-3-5-11-14/h13-16H,2-12H2,1H3. The van der Waals surface area contributed by atoms with Crippen LogP contribution in [0.3, 0.4) is 0 Å². The molecule has 2 aliphatic rings. The van der Waals surface area contributed by atoms with Gasteiger partial charge in [0.1, 0.15) is 0 Å². The molecule has 0 aromatic heterocycles. The molecule has 17 heavy (non-hydrogen) atoms. The molecule has 0 spiro atoms. The molecule has 2 saturated carbocycles. The van der Waals surface area contributed by atoms with E-state index in [-0.39, 0.29) is 0 Å². The molecule has 0 radical (unpaired) electrons. The fraction of sp³-hybridized carbons (Fsp3) is 1.00. The molecule has 1 atom stereocenters. The van der Waals surface area contributed by atoms with Crippen molar-refractivity contribution in [3.63, 3.8) is 0 Å². The predicted octanol–water partition coefficient (Wildman–Crippen LogP) is 4.22. The summed E-state index contributed by atoms with van der Waals surface area (Å²) < 4.78 is 0. The first-order chi connectivity index (χ1) is 8.40. The van der Waals surface area contributed by atoms with Crippen LogP contribution in [0.4, 0.5) is 0 Å². The van der Waals surface area contributed by atoms with E-state index in [0.717, 1.165) is 23.8 Å². The maximum atomic E-state index is 3.74. The topological polar surface area (TPSA) is 12.0 Å². The number of nitrogens with one attached hydrogen (secondary N) is 1. The average Bonchev–Trinajstić information content (AvgIpc) is 2.89. The van der Waals surface area contributed by atoms with Crippen LogP contribution in [0.1, 0.15) is 64.7 Å². The Hall–Kier alpha value is 0.310. The van der Waals surface area contributed by atoms with E-state index in [2.05, 4.69) is 24.0 Å². The highest BCUT2D eigenvalue weighted by molar-refractivity contribution is 7.99. The van der Waals surface area contributed by atoms with E-state index in [1.54, 1.807) is 0 Å². The lowest BCUT2D eigenvalue weighted by Gasteiger charge is -2.27. The average molecular weight is 255 g/mol. The van der Waals surface area contributed by atoms with Crippen molar-refractivity contribution in [2.45, 2.75) is 76.0 Å². The van der Waals surface area contributed by atoms with Gasteiger partial charge in [-0.05, 0) is 38.1 Å². The lowest BCUT2D eigenvalue weighted by atomic mass is 9.99. The molecule has 1 unspecified atom stereocenters. The van der Waals surface area contributed by atoms with Crippen LogP contribution in [-0.2, 0) is 0 Å². The summed E-state index contributed by atoms with van der Waals surface area (Å²) in [5, 5.41) is 4.72. The highest BCUT2D eigenvalue weighted by atomic mass is 32.2. The Morgan fingerprint density at radius 2 is 1.65 bits per heavy atom. The second kappa shape index (κ2) is 7.68. The number of hydrogen-bond acceptors (Lipinski definition) is 2. The van der Waals surface area contributed by atoms with Crippen molar-refractivity contribution in [3.8, 4) is 0 Å². The van der Waals surface area contributed by atoms with Gasteiger partial charge in [0.25, 0.3) is 0 Å². The van der Waals surface area contributed by atoms with Crippen molar-refractivity contribution in [1.29, 1.82) is 0 Å². The Balaban J connectivity index is 1.72. The summed E-state index contributed by atoms with van der Waals surface area (Å²) in [5.74, 6) is 2.34. The third-order valence-electron chi connectivity index (χ3n) is 4.50. The minimum absolute atomic E-state index is 0.800. The minimum Gasteiger partial charge on any atom is -0.313 e. The van der Waals surface area contributed by atoms with Gasteiger partial charge in [0, 0.05) is 17.0 Å². The Morgan fingerprint density at radius 3 is 2.29 bits per heavy atom. The van der Waals surface area contributed by atoms with Crippen molar-refractivity contribution >= 4 is 11.8 Å². The zero-order valence-electron chi connectivity index (χ0n) is 11.4. The summed E-state index contributed by atoms with van der Waals surface area (Å²) >= 11 is 2.27. The van der Waals surface area contributed by atoms with Gasteiger partial charge in [-0.25, -0.2) is 0 Å². The molecule has 0 bridgehead atoms. The molecule has 0 saturated heterocycles. The van der Waals surface area contributed by atoms with E-state index in [1.165, 1.54) is 63.5 Å². The van der Waals surface area contributed by atoms with Gasteiger partial charge < -0.3 is 5.32 Å². The van der Waals surface area contributed by atoms with E-state index >= 15 is 0 Å². The van der Waals surface area contributed by atoms with Gasteiger partial charge in [0.2, 0.25) is 0 Å². The normalized spacial score (nSPS) is 25.2. The lowest BCUT2D eigenvalue weighted by molar-refractivity contribution is 0.393. The first-order valence-corrected chi connectivity index (χ1v) is 8.80. The zero-order valence-corrected chi connectivity index (χ0v) is 12.2. The van der Waals surface area contributed by atoms with Gasteiger partial charge in [0.05, 0.1) is 0 Å². The first kappa shape index (κ1) is 13.7. The molecule has 2 aliphatic carbocycles. The van der Waals surface area contributed by atoms with Crippen LogP contribution in [-0.4, -0.2) is 23.6 Å². The molecule has 2 heteroatoms. The maximum Gasteiger partial charge on any atom is 0.0186 e. The molecular weight excluding hydrogens is 226 g/mol. The predicted molar refractivity (Wildman–Crippen MR) is 78.8 cm³/mol. The van der Waals surface area contributed by atoms with E-state index in [0.29, 0.717) is 0 Å². The van der Waals surface area contributed by atoms with Crippen LogP contribution in [0.25, 0.3) is 0 Å². The minimum atomic E-state index is 0.800. The monoisotopic (exact) mass is 255 g/mol. The zero-order chi connectivity index (χ0) is 11.9. The molecular formula is C15H29NS. The first-order valence-electron chi connectivity index (χ1n) is 7.75. The molecule has 0 aromatic carbocycles. The molecule has 0 heterocycles. The highest BCUT2D eigenvalue weighted by Gasteiger charge is 2.25. The molecule has 0 amide bonds. The Labute approximate surface area is 112 Å². The molecule has 2 rings (SSSR count). The van der Waals surface area contributed by atoms with Crippen molar-refractivity contribution in [1.82, 2.24) is 5.32 Å². The Bertz CT molecular complexity index is 195. The Kier molecular flexibility index (Phi) is 6.21. The SMILES string of the molecule is CCNC(CSC1CCCCC1)C1CCCC1. The van der Waals surface area contributed by atoms with Crippen LogP contribution in [0.5, 0.6) is 0 Å². The Morgan fingerprint density at radius 1 is 1.00 bits per heavy atom. The van der Waals surface area contributed by atoms with Gasteiger partial charge in [-0.3, -0.25) is 0 Å². The van der Waals surface area contributed by atoms with Crippen LogP contribution in [0.2, 0.25) is 0 Å². The summed E-state index contributed by atoms with van der Waals surface area (Å²) in [4.78, 5) is 0. The second-order valence-corrected chi connectivity index (χ2v) is 7.14. The molecule has 0 aromatic rings. The quantitative estimate of drug-likeness (QED) is 0.762. The van der Waals surface area contributed by atoms with Gasteiger partial charge in [-0.15, -0.1) is 0 Å². The van der Waals surface area contributed by atoms with Crippen LogP contribution in [0.15, 0.2) is 0 Å². The molecule has 100 valence electrons. The number of rotatable bonds is 6. The van der Waals surface area contributed by atoms with E-state index in [9.17, 15) is 0 Å². The summed E-state index contributed by atoms with van der Waals surface area (Å²) in [5.41, 5.74) is 0. The van der Waals surface area contributed by atoms with E-state index in [4.69, 9.17) is 0 Å². The highest BCUT2D eigenvalue weighted by Crippen LogP contribution is 2.33. The number of hydrogen-bond donors (Lipinski definition) is 1. The molecule has 2 fully saturated rings. The molecule has 1 N–H and O–H groups in total. The van der Waals surface area contributed by atoms with Gasteiger partial charge in [-0.1, -0.05) is 39.0 Å². The maximum absolute atomic E-state index is 3.74. The van der Waals surface area contributed by atoms with Crippen molar-refractivity contribution in [2.24, 2.45) is 5.92 Å². The third-order valence-corrected chi connectivity index (χ3v) is 5.99. The summed E-state index contributed by atoms with van der Waals surface area (Å²) in [6, 6.07) is 0.800. The fourth-order valence-corrected chi connectivity index (χ4v) is 4.99. The smallest absolute Gasteiger partial charge is 0.0186 e. The fourth-order valence-electron chi connectivity index (χ4n) is 3.46. The van der Waals surface area contributed by atoms with E-state index in [1.807, 2.05) is 0 Å².